The van der Waals surface area contributed by atoms with Gasteiger partial charge in [-0.25, -0.2) is 0 Å². The van der Waals surface area contributed by atoms with Crippen LogP contribution in [0.4, 0.5) is 0 Å². The van der Waals surface area contributed by atoms with Crippen LogP contribution in [0.15, 0.2) is 18.2 Å². The number of rotatable bonds is 2. The molecule has 16 heavy (non-hydrogen) atoms. The lowest BCUT2D eigenvalue weighted by molar-refractivity contribution is 0.174. The van der Waals surface area contributed by atoms with Gasteiger partial charge >= 0.3 is 0 Å². The van der Waals surface area contributed by atoms with Gasteiger partial charge in [-0.15, -0.1) is 0 Å². The molecule has 0 spiro atoms. The Kier molecular flexibility index (Phi) is 2.68. The van der Waals surface area contributed by atoms with Gasteiger partial charge in [0.2, 0.25) is 6.79 Å². The van der Waals surface area contributed by atoms with E-state index in [-0.39, 0.29) is 0 Å². The van der Waals surface area contributed by atoms with E-state index in [4.69, 9.17) is 9.47 Å². The fourth-order valence-corrected chi connectivity index (χ4v) is 2.05. The van der Waals surface area contributed by atoms with Gasteiger partial charge in [0.15, 0.2) is 11.5 Å². The van der Waals surface area contributed by atoms with Gasteiger partial charge in [-0.2, -0.15) is 0 Å². The summed E-state index contributed by atoms with van der Waals surface area (Å²) in [5, 5.41) is 3.23. The van der Waals surface area contributed by atoms with Crippen LogP contribution in [0.2, 0.25) is 0 Å². The zero-order valence-corrected chi connectivity index (χ0v) is 9.11. The molecule has 2 aliphatic heterocycles. The Morgan fingerprint density at radius 1 is 1.25 bits per heavy atom. The lowest BCUT2D eigenvalue weighted by Gasteiger charge is -2.26. The van der Waals surface area contributed by atoms with E-state index in [1.807, 2.05) is 6.07 Å². The van der Waals surface area contributed by atoms with Crippen molar-refractivity contribution in [3.63, 3.8) is 0 Å². The quantitative estimate of drug-likeness (QED) is 0.804. The van der Waals surface area contributed by atoms with Crippen molar-refractivity contribution >= 4 is 0 Å². The maximum Gasteiger partial charge on any atom is 0.231 e. The number of hydrogen-bond acceptors (Lipinski definition) is 4. The van der Waals surface area contributed by atoms with E-state index in [1.54, 1.807) is 0 Å². The lowest BCUT2D eigenvalue weighted by Crippen LogP contribution is -2.39. The van der Waals surface area contributed by atoms with Crippen molar-refractivity contribution < 1.29 is 9.47 Å². The van der Waals surface area contributed by atoms with Crippen molar-refractivity contribution in [1.29, 1.82) is 0 Å². The first kappa shape index (κ1) is 9.93. The second-order valence-corrected chi connectivity index (χ2v) is 4.08. The third kappa shape index (κ3) is 1.99. The molecule has 0 bridgehead atoms. The molecular weight excluding hydrogens is 204 g/mol. The van der Waals surface area contributed by atoms with Crippen molar-refractivity contribution in [1.82, 2.24) is 10.2 Å². The Balaban J connectivity index is 1.69. The fraction of sp³-hybridized carbons (Fsp3) is 0.417. The van der Waals surface area contributed by atoms with E-state index in [9.17, 15) is 0 Å². The molecule has 2 heterocycles. The second-order valence-electron chi connectivity index (χ2n) is 4.08. The number of hydrogen-bond donors (Lipinski definition) is 1. The van der Waals surface area contributed by atoms with Gasteiger partial charge < -0.3 is 14.8 Å². The molecule has 4 heteroatoms. The predicted octanol–water partition coefficient (Wildman–Crippen LogP) is 0.982. The van der Waals surface area contributed by atoms with Crippen molar-refractivity contribution in [2.75, 3.05) is 26.4 Å². The van der Waals surface area contributed by atoms with E-state index in [0.717, 1.165) is 37.7 Å². The summed E-state index contributed by atoms with van der Waals surface area (Å²) in [5.74, 6) is 1.73. The van der Waals surface area contributed by atoms with Gasteiger partial charge in [0.1, 0.15) is 0 Å². The Bertz CT molecular complexity index is 375. The molecular formula is C12H15N2O2. The summed E-state index contributed by atoms with van der Waals surface area (Å²) in [4.78, 5) is 2.40. The largest absolute Gasteiger partial charge is 0.454 e. The molecule has 1 aromatic carbocycles. The molecule has 1 aromatic rings. The van der Waals surface area contributed by atoms with Gasteiger partial charge in [0.05, 0.1) is 0 Å². The smallest absolute Gasteiger partial charge is 0.231 e. The minimum absolute atomic E-state index is 0.347. The highest BCUT2D eigenvalue weighted by Gasteiger charge is 2.15. The van der Waals surface area contributed by atoms with Gasteiger partial charge in [-0.1, -0.05) is 6.07 Å². The third-order valence-electron chi connectivity index (χ3n) is 2.91. The van der Waals surface area contributed by atoms with Gasteiger partial charge in [0, 0.05) is 32.7 Å². The van der Waals surface area contributed by atoms with Crippen LogP contribution in [0.25, 0.3) is 0 Å². The lowest BCUT2D eigenvalue weighted by atomic mass is 10.2. The molecule has 0 atom stereocenters. The van der Waals surface area contributed by atoms with Crippen LogP contribution in [0, 0.1) is 6.54 Å². The average molecular weight is 219 g/mol. The summed E-state index contributed by atoms with van der Waals surface area (Å²) in [6.07, 6.45) is 0. The molecule has 1 fully saturated rings. The molecule has 85 valence electrons. The number of ether oxygens (including phenoxy) is 2. The molecule has 0 unspecified atom stereocenters. The molecule has 1 N–H and O–H groups in total. The highest BCUT2D eigenvalue weighted by Crippen LogP contribution is 2.32. The first-order valence-electron chi connectivity index (χ1n) is 5.58. The topological polar surface area (TPSA) is 33.7 Å². The molecule has 0 aromatic heterocycles. The van der Waals surface area contributed by atoms with Crippen LogP contribution in [0.1, 0.15) is 5.56 Å². The van der Waals surface area contributed by atoms with Crippen molar-refractivity contribution in [2.24, 2.45) is 0 Å². The Morgan fingerprint density at radius 3 is 3.06 bits per heavy atom. The van der Waals surface area contributed by atoms with Gasteiger partial charge in [-0.05, 0) is 17.7 Å². The standard InChI is InChI=1S/C12H15N2O2/c1-2-11-12(16-9-15-11)7-10(1)8-14-5-3-13-4-6-14/h1-3,7,13H,4-6,8-9H2. The zero-order chi connectivity index (χ0) is 10.8. The van der Waals surface area contributed by atoms with Crippen LogP contribution in [-0.2, 0) is 6.54 Å². The molecule has 1 saturated heterocycles. The number of piperazine rings is 1. The Hall–Kier alpha value is -1.26. The molecule has 0 amide bonds. The Morgan fingerprint density at radius 2 is 2.19 bits per heavy atom. The monoisotopic (exact) mass is 219 g/mol. The zero-order valence-electron chi connectivity index (χ0n) is 9.11. The first-order chi connectivity index (χ1) is 7.92. The van der Waals surface area contributed by atoms with Crippen LogP contribution in [0.5, 0.6) is 11.5 Å². The van der Waals surface area contributed by atoms with Gasteiger partial charge in [0.25, 0.3) is 0 Å². The highest BCUT2D eigenvalue weighted by atomic mass is 16.7. The van der Waals surface area contributed by atoms with Crippen LogP contribution in [-0.4, -0.2) is 31.3 Å². The molecule has 0 saturated carbocycles. The predicted molar refractivity (Wildman–Crippen MR) is 60.1 cm³/mol. The molecule has 0 aliphatic carbocycles. The average Bonchev–Trinajstić information content (AvgIpc) is 2.77. The minimum atomic E-state index is 0.347. The van der Waals surface area contributed by atoms with Crippen LogP contribution < -0.4 is 14.8 Å². The summed E-state index contributed by atoms with van der Waals surface area (Å²) in [6.45, 7) is 6.54. The maximum atomic E-state index is 5.37. The van der Waals surface area contributed by atoms with E-state index in [2.05, 4.69) is 28.9 Å². The fourth-order valence-electron chi connectivity index (χ4n) is 2.05. The normalized spacial score (nSPS) is 20.0. The van der Waals surface area contributed by atoms with E-state index >= 15 is 0 Å². The number of nitrogens with zero attached hydrogens (tertiary/aromatic N) is 1. The number of nitrogens with one attached hydrogen (secondary N) is 1. The van der Waals surface area contributed by atoms with Crippen LogP contribution in [0.3, 0.4) is 0 Å². The number of benzene rings is 1. The summed E-state index contributed by atoms with van der Waals surface area (Å²) in [7, 11) is 0. The third-order valence-corrected chi connectivity index (χ3v) is 2.91. The molecule has 1 radical (unpaired) electrons. The highest BCUT2D eigenvalue weighted by molar-refractivity contribution is 5.44. The van der Waals surface area contributed by atoms with Crippen molar-refractivity contribution in [3.05, 3.63) is 30.3 Å². The first-order valence-corrected chi connectivity index (χ1v) is 5.58. The van der Waals surface area contributed by atoms with Gasteiger partial charge in [-0.3, -0.25) is 4.90 Å². The summed E-state index contributed by atoms with van der Waals surface area (Å²) in [5.41, 5.74) is 1.28. The SMILES string of the molecule is [CH]1CN(Cc2ccc3c(c2)OCO3)CCN1. The molecule has 3 rings (SSSR count). The molecule has 4 nitrogen and oxygen atoms in total. The van der Waals surface area contributed by atoms with E-state index in [0.29, 0.717) is 6.79 Å². The summed E-state index contributed by atoms with van der Waals surface area (Å²) < 4.78 is 10.7. The van der Waals surface area contributed by atoms with Crippen molar-refractivity contribution in [2.45, 2.75) is 6.54 Å². The van der Waals surface area contributed by atoms with Crippen molar-refractivity contribution in [3.8, 4) is 11.5 Å². The summed E-state index contributed by atoms with van der Waals surface area (Å²) >= 11 is 0. The maximum absolute atomic E-state index is 5.37. The second kappa shape index (κ2) is 4.31. The number of fused-ring (bicyclic) bond motifs is 1. The summed E-state index contributed by atoms with van der Waals surface area (Å²) in [6, 6.07) is 6.17. The minimum Gasteiger partial charge on any atom is -0.454 e. The van der Waals surface area contributed by atoms with E-state index < -0.39 is 0 Å². The Labute approximate surface area is 95.1 Å². The molecule has 2 aliphatic rings. The van der Waals surface area contributed by atoms with Crippen LogP contribution >= 0.6 is 0 Å². The van der Waals surface area contributed by atoms with E-state index in [1.165, 1.54) is 5.56 Å².